The zero-order chi connectivity index (χ0) is 10.6. The number of hydrogen-bond donors (Lipinski definition) is 2. The van der Waals surface area contributed by atoms with Crippen molar-refractivity contribution in [3.8, 4) is 0 Å². The van der Waals surface area contributed by atoms with E-state index in [0.717, 1.165) is 19.4 Å². The average Bonchev–Trinajstić information content (AvgIpc) is 2.50. The van der Waals surface area contributed by atoms with Crippen molar-refractivity contribution in [2.24, 2.45) is 0 Å². The Morgan fingerprint density at radius 3 is 2.93 bits per heavy atom. The largest absolute Gasteiger partial charge is 0.393 e. The molecule has 82 valence electrons. The van der Waals surface area contributed by atoms with Gasteiger partial charge in [0.05, 0.1) is 12.1 Å². The zero-order valence-corrected chi connectivity index (χ0v) is 8.99. The van der Waals surface area contributed by atoms with Gasteiger partial charge in [0.1, 0.15) is 0 Å². The van der Waals surface area contributed by atoms with Crippen LogP contribution in [0.3, 0.4) is 0 Å². The minimum atomic E-state index is -0.336. The number of amides is 1. The lowest BCUT2D eigenvalue weighted by atomic mass is 10.2. The molecule has 4 nitrogen and oxygen atoms in total. The Balaban J connectivity index is 2.21. The van der Waals surface area contributed by atoms with Crippen LogP contribution in [0, 0.1) is 0 Å². The highest BCUT2D eigenvalue weighted by Gasteiger charge is 2.27. The lowest BCUT2D eigenvalue weighted by Crippen LogP contribution is -2.42. The van der Waals surface area contributed by atoms with Crippen LogP contribution in [-0.2, 0) is 4.79 Å². The Bertz CT molecular complexity index is 195. The smallest absolute Gasteiger partial charge is 0.237 e. The van der Waals surface area contributed by atoms with Crippen LogP contribution in [-0.4, -0.2) is 48.2 Å². The molecule has 1 amide bonds. The fraction of sp³-hybridized carbons (Fsp3) is 0.900. The number of nitrogens with zero attached hydrogens (tertiary/aromatic N) is 1. The number of likely N-dealkylation sites (N-methyl/N-ethyl adjacent to an activating group) is 1. The summed E-state index contributed by atoms with van der Waals surface area (Å²) >= 11 is 0. The zero-order valence-electron chi connectivity index (χ0n) is 8.99. The van der Waals surface area contributed by atoms with Gasteiger partial charge in [0.15, 0.2) is 0 Å². The van der Waals surface area contributed by atoms with E-state index in [1.54, 1.807) is 6.92 Å². The quantitative estimate of drug-likeness (QED) is 0.670. The third kappa shape index (κ3) is 3.27. The van der Waals surface area contributed by atoms with Crippen LogP contribution in [0.2, 0.25) is 0 Å². The molecular weight excluding hydrogens is 180 g/mol. The second kappa shape index (κ2) is 5.32. The first kappa shape index (κ1) is 11.5. The monoisotopic (exact) mass is 200 g/mol. The van der Waals surface area contributed by atoms with Crippen molar-refractivity contribution in [2.75, 3.05) is 20.1 Å². The molecule has 1 aliphatic rings. The maximum atomic E-state index is 11.6. The summed E-state index contributed by atoms with van der Waals surface area (Å²) < 4.78 is 0. The number of aliphatic hydroxyl groups excluding tert-OH is 1. The van der Waals surface area contributed by atoms with E-state index in [-0.39, 0.29) is 18.1 Å². The van der Waals surface area contributed by atoms with E-state index in [1.807, 2.05) is 7.05 Å². The number of carbonyl (C=O) groups excluding carboxylic acids is 1. The molecule has 0 saturated carbocycles. The molecule has 1 heterocycles. The number of hydrogen-bond acceptors (Lipinski definition) is 3. The van der Waals surface area contributed by atoms with E-state index in [4.69, 9.17) is 5.11 Å². The highest BCUT2D eigenvalue weighted by molar-refractivity contribution is 5.81. The first-order chi connectivity index (χ1) is 6.61. The van der Waals surface area contributed by atoms with Gasteiger partial charge in [-0.05, 0) is 39.8 Å². The molecule has 0 aliphatic carbocycles. The van der Waals surface area contributed by atoms with Crippen LogP contribution in [0.15, 0.2) is 0 Å². The number of aliphatic hydroxyl groups is 1. The van der Waals surface area contributed by atoms with Crippen molar-refractivity contribution >= 4 is 5.91 Å². The molecule has 1 rings (SSSR count). The van der Waals surface area contributed by atoms with Crippen molar-refractivity contribution in [1.29, 1.82) is 0 Å². The van der Waals surface area contributed by atoms with E-state index in [1.165, 1.54) is 0 Å². The minimum Gasteiger partial charge on any atom is -0.393 e. The Morgan fingerprint density at radius 2 is 2.43 bits per heavy atom. The summed E-state index contributed by atoms with van der Waals surface area (Å²) in [5, 5.41) is 11.9. The van der Waals surface area contributed by atoms with E-state index in [0.29, 0.717) is 13.0 Å². The molecular formula is C10H20N2O2. The molecule has 0 radical (unpaired) electrons. The van der Waals surface area contributed by atoms with Gasteiger partial charge in [-0.3, -0.25) is 9.69 Å². The van der Waals surface area contributed by atoms with Crippen molar-refractivity contribution in [1.82, 2.24) is 10.2 Å². The van der Waals surface area contributed by atoms with Crippen LogP contribution in [0.5, 0.6) is 0 Å². The molecule has 0 aromatic rings. The summed E-state index contributed by atoms with van der Waals surface area (Å²) in [5.41, 5.74) is 0. The van der Waals surface area contributed by atoms with E-state index in [2.05, 4.69) is 10.2 Å². The average molecular weight is 200 g/mol. The lowest BCUT2D eigenvalue weighted by molar-refractivity contribution is -0.125. The first-order valence-corrected chi connectivity index (χ1v) is 5.27. The Morgan fingerprint density at radius 1 is 1.71 bits per heavy atom. The molecule has 0 aromatic heterocycles. The molecule has 0 spiro atoms. The van der Waals surface area contributed by atoms with Gasteiger partial charge in [-0.15, -0.1) is 0 Å². The molecule has 4 heteroatoms. The molecule has 2 N–H and O–H groups in total. The van der Waals surface area contributed by atoms with Gasteiger partial charge in [0, 0.05) is 6.54 Å². The minimum absolute atomic E-state index is 0.0454. The first-order valence-electron chi connectivity index (χ1n) is 5.27. The third-order valence-corrected chi connectivity index (χ3v) is 2.68. The maximum absolute atomic E-state index is 11.6. The van der Waals surface area contributed by atoms with Crippen LogP contribution < -0.4 is 5.32 Å². The summed E-state index contributed by atoms with van der Waals surface area (Å²) in [4.78, 5) is 13.7. The predicted octanol–water partition coefficient (Wildman–Crippen LogP) is -0.0323. The van der Waals surface area contributed by atoms with E-state index in [9.17, 15) is 4.79 Å². The van der Waals surface area contributed by atoms with E-state index < -0.39 is 0 Å². The topological polar surface area (TPSA) is 52.6 Å². The summed E-state index contributed by atoms with van der Waals surface area (Å²) in [7, 11) is 1.98. The number of rotatable bonds is 4. The SMILES string of the molecule is CC(O)CCNC(=O)C1CCCN1C. The predicted molar refractivity (Wildman–Crippen MR) is 55.0 cm³/mol. The van der Waals surface area contributed by atoms with Gasteiger partial charge in [-0.1, -0.05) is 0 Å². The Labute approximate surface area is 85.3 Å². The fourth-order valence-electron chi connectivity index (χ4n) is 1.76. The van der Waals surface area contributed by atoms with Crippen LogP contribution in [0.1, 0.15) is 26.2 Å². The van der Waals surface area contributed by atoms with Crippen LogP contribution in [0.4, 0.5) is 0 Å². The molecule has 1 saturated heterocycles. The highest BCUT2D eigenvalue weighted by atomic mass is 16.3. The number of nitrogens with one attached hydrogen (secondary N) is 1. The lowest BCUT2D eigenvalue weighted by Gasteiger charge is -2.18. The summed E-state index contributed by atoms with van der Waals surface area (Å²) in [6, 6.07) is 0.0454. The van der Waals surface area contributed by atoms with Gasteiger partial charge in [-0.2, -0.15) is 0 Å². The van der Waals surface area contributed by atoms with Gasteiger partial charge in [0.2, 0.25) is 5.91 Å². The summed E-state index contributed by atoms with van der Waals surface area (Å²) in [6.07, 6.45) is 2.35. The molecule has 1 fully saturated rings. The Hall–Kier alpha value is -0.610. The summed E-state index contributed by atoms with van der Waals surface area (Å²) in [5.74, 6) is 0.102. The third-order valence-electron chi connectivity index (χ3n) is 2.68. The number of likely N-dealkylation sites (tertiary alicyclic amines) is 1. The normalized spacial score (nSPS) is 24.9. The van der Waals surface area contributed by atoms with Crippen molar-refractivity contribution < 1.29 is 9.90 Å². The van der Waals surface area contributed by atoms with Crippen LogP contribution >= 0.6 is 0 Å². The van der Waals surface area contributed by atoms with Gasteiger partial charge < -0.3 is 10.4 Å². The Kier molecular flexibility index (Phi) is 4.35. The van der Waals surface area contributed by atoms with Crippen molar-refractivity contribution in [3.05, 3.63) is 0 Å². The maximum Gasteiger partial charge on any atom is 0.237 e. The fourth-order valence-corrected chi connectivity index (χ4v) is 1.76. The number of carbonyl (C=O) groups is 1. The van der Waals surface area contributed by atoms with Crippen molar-refractivity contribution in [3.63, 3.8) is 0 Å². The van der Waals surface area contributed by atoms with Crippen LogP contribution in [0.25, 0.3) is 0 Å². The van der Waals surface area contributed by atoms with Gasteiger partial charge >= 0.3 is 0 Å². The van der Waals surface area contributed by atoms with E-state index >= 15 is 0 Å². The standard InChI is InChI=1S/C10H20N2O2/c1-8(13)5-6-11-10(14)9-4-3-7-12(9)2/h8-9,13H,3-7H2,1-2H3,(H,11,14). The highest BCUT2D eigenvalue weighted by Crippen LogP contribution is 2.14. The molecule has 0 aromatic carbocycles. The molecule has 1 aliphatic heterocycles. The van der Waals surface area contributed by atoms with Gasteiger partial charge in [-0.25, -0.2) is 0 Å². The second-order valence-electron chi connectivity index (χ2n) is 4.07. The van der Waals surface area contributed by atoms with Gasteiger partial charge in [0.25, 0.3) is 0 Å². The molecule has 14 heavy (non-hydrogen) atoms. The van der Waals surface area contributed by atoms with Crippen molar-refractivity contribution in [2.45, 2.75) is 38.3 Å². The molecule has 2 atom stereocenters. The molecule has 2 unspecified atom stereocenters. The molecule has 0 bridgehead atoms. The second-order valence-corrected chi connectivity index (χ2v) is 4.07. The summed E-state index contributed by atoms with van der Waals surface area (Å²) in [6.45, 7) is 3.31.